The van der Waals surface area contributed by atoms with Crippen molar-refractivity contribution in [3.63, 3.8) is 0 Å². The summed E-state index contributed by atoms with van der Waals surface area (Å²) in [6, 6.07) is 21.5. The predicted molar refractivity (Wildman–Crippen MR) is 162 cm³/mol. The van der Waals surface area contributed by atoms with E-state index >= 15 is 0 Å². The van der Waals surface area contributed by atoms with Gasteiger partial charge < -0.3 is 24.4 Å². The number of rotatable bonds is 4. The highest BCUT2D eigenvalue weighted by Crippen LogP contribution is 2.30. The molecule has 0 spiro atoms. The maximum absolute atomic E-state index is 13.2. The van der Waals surface area contributed by atoms with E-state index in [1.54, 1.807) is 0 Å². The maximum atomic E-state index is 13.2. The number of aryl methyl sites for hydroxylation is 1. The first-order chi connectivity index (χ1) is 20.2. The van der Waals surface area contributed by atoms with Crippen molar-refractivity contribution in [1.29, 1.82) is 0 Å². The number of nitrogens with zero attached hydrogens (tertiary/aromatic N) is 2. The Bertz CT molecular complexity index is 1340. The zero-order chi connectivity index (χ0) is 27.9. The van der Waals surface area contributed by atoms with E-state index in [0.29, 0.717) is 39.5 Å². The summed E-state index contributed by atoms with van der Waals surface area (Å²) in [5, 5.41) is 3.22. The summed E-state index contributed by atoms with van der Waals surface area (Å²) in [5.41, 5.74) is 8.46. The lowest BCUT2D eigenvalue weighted by atomic mass is 9.90. The molecule has 0 atom stereocenters. The minimum absolute atomic E-state index is 0.0224. The van der Waals surface area contributed by atoms with Crippen LogP contribution in [0.4, 0.5) is 11.4 Å². The zero-order valence-corrected chi connectivity index (χ0v) is 23.9. The Balaban J connectivity index is 1.18. The number of hydrogen-bond acceptors (Lipinski definition) is 6. The van der Waals surface area contributed by atoms with Crippen LogP contribution in [0.2, 0.25) is 0 Å². The number of morpholine rings is 1. The first kappa shape index (κ1) is 27.8. The lowest BCUT2D eigenvalue weighted by molar-refractivity contribution is -0.117. The fraction of sp³-hybridized carbons (Fsp3) is 0.441. The molecular formula is C34H41N3O4. The molecule has 7 nitrogen and oxygen atoms in total. The van der Waals surface area contributed by atoms with Gasteiger partial charge in [-0.25, -0.2) is 0 Å². The van der Waals surface area contributed by atoms with E-state index in [9.17, 15) is 4.79 Å². The molecule has 6 rings (SSSR count). The van der Waals surface area contributed by atoms with Crippen molar-refractivity contribution < 1.29 is 19.0 Å². The van der Waals surface area contributed by atoms with Crippen LogP contribution in [-0.2, 0) is 40.1 Å². The first-order valence-electron chi connectivity index (χ1n) is 15.1. The van der Waals surface area contributed by atoms with E-state index in [0.717, 1.165) is 57.0 Å². The Morgan fingerprint density at radius 2 is 1.59 bits per heavy atom. The van der Waals surface area contributed by atoms with Gasteiger partial charge in [-0.3, -0.25) is 9.69 Å². The standard InChI is InChI=1S/C34H41N3O4/c38-34(35-32-10-4-8-28-7-1-2-9-31(28)32)25-36-13-16-40-19-20-41-33-12-11-30(37-14-17-39-18-15-37)23-29(33)22-26-5-3-6-27(21-26)24-36/h3-6,8,10-12,21,23H,1-2,7,9,13-20,22,24-25H2,(H,35,38). The van der Waals surface area contributed by atoms with Gasteiger partial charge in [0.25, 0.3) is 0 Å². The molecule has 3 aromatic carbocycles. The molecule has 0 radical (unpaired) electrons. The van der Waals surface area contributed by atoms with E-state index in [1.165, 1.54) is 46.3 Å². The van der Waals surface area contributed by atoms with Crippen molar-refractivity contribution in [3.8, 4) is 5.75 Å². The van der Waals surface area contributed by atoms with Crippen molar-refractivity contribution in [2.75, 3.05) is 69.4 Å². The summed E-state index contributed by atoms with van der Waals surface area (Å²) in [7, 11) is 0. The Morgan fingerprint density at radius 3 is 2.51 bits per heavy atom. The molecule has 41 heavy (non-hydrogen) atoms. The third-order valence-corrected chi connectivity index (χ3v) is 8.29. The number of nitrogens with one attached hydrogen (secondary N) is 1. The molecule has 1 amide bonds. The molecule has 7 heteroatoms. The van der Waals surface area contributed by atoms with Crippen molar-refractivity contribution >= 4 is 17.3 Å². The van der Waals surface area contributed by atoms with Crippen LogP contribution in [0.25, 0.3) is 0 Å². The SMILES string of the molecule is O=C(CN1CCOCCOc2ccc(N3CCOCC3)cc2Cc2cccc(c2)C1)Nc1cccc2c1CCCC2. The Hall–Kier alpha value is -3.39. The zero-order valence-electron chi connectivity index (χ0n) is 23.9. The minimum Gasteiger partial charge on any atom is -0.491 e. The van der Waals surface area contributed by atoms with Gasteiger partial charge in [-0.05, 0) is 72.2 Å². The predicted octanol–water partition coefficient (Wildman–Crippen LogP) is 4.84. The number of fused-ring (bicyclic) bond motifs is 4. The highest BCUT2D eigenvalue weighted by atomic mass is 16.5. The summed E-state index contributed by atoms with van der Waals surface area (Å²) in [4.78, 5) is 17.8. The number of amides is 1. The molecule has 216 valence electrons. The largest absolute Gasteiger partial charge is 0.491 e. The molecule has 0 saturated carbocycles. The molecule has 2 heterocycles. The maximum Gasteiger partial charge on any atom is 0.238 e. The number of benzene rings is 3. The number of hydrogen-bond donors (Lipinski definition) is 1. The fourth-order valence-electron chi connectivity index (χ4n) is 6.19. The second-order valence-electron chi connectivity index (χ2n) is 11.3. The highest BCUT2D eigenvalue weighted by molar-refractivity contribution is 5.93. The molecule has 1 N–H and O–H groups in total. The second kappa shape index (κ2) is 13.5. The number of ether oxygens (including phenoxy) is 3. The van der Waals surface area contributed by atoms with Crippen molar-refractivity contribution in [2.45, 2.75) is 38.6 Å². The lowest BCUT2D eigenvalue weighted by Crippen LogP contribution is -2.36. The summed E-state index contributed by atoms with van der Waals surface area (Å²) < 4.78 is 17.7. The molecule has 2 bridgehead atoms. The summed E-state index contributed by atoms with van der Waals surface area (Å²) in [6.45, 7) is 6.54. The van der Waals surface area contributed by atoms with Crippen LogP contribution in [0.5, 0.6) is 5.75 Å². The van der Waals surface area contributed by atoms with Gasteiger partial charge in [0, 0.05) is 49.5 Å². The van der Waals surface area contributed by atoms with Gasteiger partial charge in [0.1, 0.15) is 12.4 Å². The van der Waals surface area contributed by atoms with Gasteiger partial charge in [-0.1, -0.05) is 36.4 Å². The molecule has 3 aliphatic rings. The third kappa shape index (κ3) is 7.28. The smallest absolute Gasteiger partial charge is 0.238 e. The minimum atomic E-state index is 0.0224. The normalized spacial score (nSPS) is 18.4. The molecule has 0 aromatic heterocycles. The van der Waals surface area contributed by atoms with Crippen LogP contribution < -0.4 is 15.0 Å². The quantitative estimate of drug-likeness (QED) is 0.497. The summed E-state index contributed by atoms with van der Waals surface area (Å²) in [5.74, 6) is 0.934. The molecule has 2 aliphatic heterocycles. The van der Waals surface area contributed by atoms with E-state index < -0.39 is 0 Å². The average molecular weight is 556 g/mol. The molecule has 1 saturated heterocycles. The first-order valence-corrected chi connectivity index (χ1v) is 15.1. The Morgan fingerprint density at radius 1 is 0.780 bits per heavy atom. The molecule has 0 unspecified atom stereocenters. The van der Waals surface area contributed by atoms with Crippen LogP contribution in [0, 0.1) is 0 Å². The van der Waals surface area contributed by atoms with E-state index in [-0.39, 0.29) is 5.91 Å². The van der Waals surface area contributed by atoms with Crippen LogP contribution in [-0.4, -0.2) is 70.0 Å². The van der Waals surface area contributed by atoms with Crippen LogP contribution in [0.3, 0.4) is 0 Å². The topological polar surface area (TPSA) is 63.3 Å². The van der Waals surface area contributed by atoms with Crippen molar-refractivity contribution in [1.82, 2.24) is 4.90 Å². The summed E-state index contributed by atoms with van der Waals surface area (Å²) in [6.07, 6.45) is 5.32. The Labute approximate surface area is 243 Å². The van der Waals surface area contributed by atoms with Gasteiger partial charge in [0.2, 0.25) is 5.91 Å². The average Bonchev–Trinajstić information content (AvgIpc) is 3.00. The monoisotopic (exact) mass is 555 g/mol. The van der Waals surface area contributed by atoms with Crippen molar-refractivity contribution in [3.05, 3.63) is 88.5 Å². The molecule has 1 fully saturated rings. The van der Waals surface area contributed by atoms with Gasteiger partial charge in [0.05, 0.1) is 33.0 Å². The molecular weight excluding hydrogens is 514 g/mol. The van der Waals surface area contributed by atoms with Crippen molar-refractivity contribution in [2.24, 2.45) is 0 Å². The number of carbonyl (C=O) groups excluding carboxylic acids is 1. The third-order valence-electron chi connectivity index (χ3n) is 8.29. The molecule has 1 aliphatic carbocycles. The van der Waals surface area contributed by atoms with Crippen LogP contribution >= 0.6 is 0 Å². The number of carbonyl (C=O) groups is 1. The fourth-order valence-corrected chi connectivity index (χ4v) is 6.19. The van der Waals surface area contributed by atoms with E-state index in [2.05, 4.69) is 69.7 Å². The van der Waals surface area contributed by atoms with Gasteiger partial charge in [-0.15, -0.1) is 0 Å². The number of anilines is 2. The lowest BCUT2D eigenvalue weighted by Gasteiger charge is -2.29. The molecule has 3 aromatic rings. The van der Waals surface area contributed by atoms with Gasteiger partial charge >= 0.3 is 0 Å². The van der Waals surface area contributed by atoms with Gasteiger partial charge in [-0.2, -0.15) is 0 Å². The highest BCUT2D eigenvalue weighted by Gasteiger charge is 2.18. The van der Waals surface area contributed by atoms with Gasteiger partial charge in [0.15, 0.2) is 0 Å². The van der Waals surface area contributed by atoms with Crippen LogP contribution in [0.1, 0.15) is 40.7 Å². The van der Waals surface area contributed by atoms with E-state index in [1.807, 2.05) is 6.07 Å². The van der Waals surface area contributed by atoms with E-state index in [4.69, 9.17) is 14.2 Å². The second-order valence-corrected chi connectivity index (χ2v) is 11.3. The van der Waals surface area contributed by atoms with Crippen LogP contribution in [0.15, 0.2) is 60.7 Å². The summed E-state index contributed by atoms with van der Waals surface area (Å²) >= 11 is 0. The Kier molecular flexibility index (Phi) is 9.15.